The molecule has 2 heteroatoms. The number of pyridine rings is 1. The number of hydrogen-bond donors (Lipinski definition) is 0. The number of rotatable bonds is 2. The molecule has 0 atom stereocenters. The van der Waals surface area contributed by atoms with E-state index in [9.17, 15) is 0 Å². The van der Waals surface area contributed by atoms with Crippen molar-refractivity contribution in [3.8, 4) is 5.82 Å². The molecule has 0 saturated heterocycles. The molecule has 0 amide bonds. The van der Waals surface area contributed by atoms with Gasteiger partial charge in [-0.3, -0.25) is 0 Å². The summed E-state index contributed by atoms with van der Waals surface area (Å²) in [6.07, 6.45) is 2.11. The maximum Gasteiger partial charge on any atom is 0.286 e. The van der Waals surface area contributed by atoms with Crippen LogP contribution >= 0.6 is 0 Å². The first-order chi connectivity index (χ1) is 12.0. The third-order valence-electron chi connectivity index (χ3n) is 5.29. The Balaban J connectivity index is 2.27. The Kier molecular flexibility index (Phi) is 3.64. The van der Waals surface area contributed by atoms with Gasteiger partial charge in [-0.1, -0.05) is 32.0 Å². The van der Waals surface area contributed by atoms with Crippen LogP contribution in [0.25, 0.3) is 27.6 Å². The van der Waals surface area contributed by atoms with Crippen LogP contribution in [0.3, 0.4) is 0 Å². The number of nitrogens with zero attached hydrogens (tertiary/aromatic N) is 2. The molecular weight excluding hydrogens is 304 g/mol. The zero-order chi connectivity index (χ0) is 17.7. The lowest BCUT2D eigenvalue weighted by Gasteiger charge is -2.14. The molecule has 126 valence electrons. The summed E-state index contributed by atoms with van der Waals surface area (Å²) in [4.78, 5) is 0. The monoisotopic (exact) mass is 329 g/mol. The smallest absolute Gasteiger partial charge is 0.237 e. The van der Waals surface area contributed by atoms with Gasteiger partial charge in [0.15, 0.2) is 0 Å². The first kappa shape index (κ1) is 15.9. The number of benzene rings is 2. The molecule has 0 radical (unpaired) electrons. The normalized spacial score (nSPS) is 11.8. The number of aromatic nitrogens is 2. The van der Waals surface area contributed by atoms with Crippen molar-refractivity contribution in [1.29, 1.82) is 0 Å². The van der Waals surface area contributed by atoms with Crippen LogP contribution in [0.5, 0.6) is 0 Å². The van der Waals surface area contributed by atoms with Gasteiger partial charge in [0.2, 0.25) is 0 Å². The number of fused-ring (bicyclic) bond motifs is 3. The lowest BCUT2D eigenvalue weighted by atomic mass is 9.91. The summed E-state index contributed by atoms with van der Waals surface area (Å²) >= 11 is 0. The maximum absolute atomic E-state index is 2.42. The fraction of sp³-hybridized carbons (Fsp3) is 0.261. The van der Waals surface area contributed by atoms with Crippen LogP contribution in [0.4, 0.5) is 0 Å². The van der Waals surface area contributed by atoms with Crippen LogP contribution in [0.15, 0.2) is 54.7 Å². The van der Waals surface area contributed by atoms with E-state index in [1.165, 1.54) is 44.3 Å². The van der Waals surface area contributed by atoms with Gasteiger partial charge in [-0.15, -0.1) is 0 Å². The summed E-state index contributed by atoms with van der Waals surface area (Å²) in [6, 6.07) is 17.5. The second-order valence-corrected chi connectivity index (χ2v) is 7.31. The molecule has 0 aliphatic rings. The average Bonchev–Trinajstić information content (AvgIpc) is 2.90. The van der Waals surface area contributed by atoms with E-state index in [1.54, 1.807) is 0 Å². The minimum absolute atomic E-state index is 0.514. The van der Waals surface area contributed by atoms with Gasteiger partial charge in [-0.2, -0.15) is 4.57 Å². The lowest BCUT2D eigenvalue weighted by Crippen LogP contribution is -2.33. The maximum atomic E-state index is 2.42. The molecule has 0 unspecified atom stereocenters. The fourth-order valence-corrected chi connectivity index (χ4v) is 4.37. The highest BCUT2D eigenvalue weighted by Gasteiger charge is 2.24. The zero-order valence-corrected chi connectivity index (χ0v) is 15.7. The molecule has 0 bridgehead atoms. The molecule has 25 heavy (non-hydrogen) atoms. The number of para-hydroxylation sites is 1. The van der Waals surface area contributed by atoms with Crippen molar-refractivity contribution in [3.63, 3.8) is 0 Å². The molecule has 0 aliphatic carbocycles. The highest BCUT2D eigenvalue weighted by Crippen LogP contribution is 2.37. The zero-order valence-electron chi connectivity index (χ0n) is 15.7. The van der Waals surface area contributed by atoms with Gasteiger partial charge in [-0.25, -0.2) is 4.57 Å². The van der Waals surface area contributed by atoms with Gasteiger partial charge in [0.05, 0.1) is 13.2 Å². The third-order valence-corrected chi connectivity index (χ3v) is 5.29. The Bertz CT molecular complexity index is 1100. The van der Waals surface area contributed by atoms with Crippen molar-refractivity contribution >= 4 is 21.8 Å². The van der Waals surface area contributed by atoms with Gasteiger partial charge >= 0.3 is 0 Å². The largest absolute Gasteiger partial charge is 0.286 e. The first-order valence-corrected chi connectivity index (χ1v) is 8.99. The molecule has 0 aliphatic heterocycles. The summed E-state index contributed by atoms with van der Waals surface area (Å²) in [7, 11) is 2.11. The molecular formula is C23H25N2+. The van der Waals surface area contributed by atoms with Crippen LogP contribution in [-0.4, -0.2) is 4.57 Å². The lowest BCUT2D eigenvalue weighted by molar-refractivity contribution is -0.665. The van der Waals surface area contributed by atoms with E-state index in [4.69, 9.17) is 0 Å². The molecule has 2 aromatic carbocycles. The third kappa shape index (κ3) is 2.28. The van der Waals surface area contributed by atoms with E-state index in [-0.39, 0.29) is 0 Å². The molecule has 0 N–H and O–H groups in total. The Hall–Kier alpha value is -2.61. The van der Waals surface area contributed by atoms with Gasteiger partial charge in [-0.05, 0) is 55.2 Å². The predicted molar refractivity (Wildman–Crippen MR) is 106 cm³/mol. The summed E-state index contributed by atoms with van der Waals surface area (Å²) in [5.74, 6) is 1.70. The van der Waals surface area contributed by atoms with Gasteiger partial charge < -0.3 is 0 Å². The standard InChI is InChI=1S/C23H25N2/c1-15(2)22-16(3)14-19-18-10-6-7-11-20(18)25(23(19)17(22)4)21-12-8-9-13-24(21)5/h6-15H,1-5H3/q+1. The Morgan fingerprint density at radius 2 is 1.64 bits per heavy atom. The Labute approximate surface area is 149 Å². The Morgan fingerprint density at radius 1 is 0.920 bits per heavy atom. The van der Waals surface area contributed by atoms with Crippen molar-refractivity contribution in [2.45, 2.75) is 33.6 Å². The second kappa shape index (κ2) is 5.73. The molecule has 0 fully saturated rings. The highest BCUT2D eigenvalue weighted by molar-refractivity contribution is 6.10. The van der Waals surface area contributed by atoms with Crippen molar-refractivity contribution in [2.75, 3.05) is 0 Å². The minimum Gasteiger partial charge on any atom is -0.237 e. The predicted octanol–water partition coefficient (Wildman–Crippen LogP) is 5.35. The van der Waals surface area contributed by atoms with Gasteiger partial charge in [0.1, 0.15) is 11.0 Å². The number of aryl methyl sites for hydroxylation is 3. The highest BCUT2D eigenvalue weighted by atomic mass is 15.1. The summed E-state index contributed by atoms with van der Waals surface area (Å²) < 4.78 is 4.62. The average molecular weight is 329 g/mol. The van der Waals surface area contributed by atoms with Crippen molar-refractivity contribution in [2.24, 2.45) is 7.05 Å². The van der Waals surface area contributed by atoms with Gasteiger partial charge in [0, 0.05) is 22.4 Å². The van der Waals surface area contributed by atoms with E-state index in [1.807, 2.05) is 0 Å². The molecule has 2 heterocycles. The summed E-state index contributed by atoms with van der Waals surface area (Å²) in [6.45, 7) is 9.10. The summed E-state index contributed by atoms with van der Waals surface area (Å²) in [5, 5.41) is 2.67. The molecule has 2 nitrogen and oxygen atoms in total. The van der Waals surface area contributed by atoms with E-state index >= 15 is 0 Å². The van der Waals surface area contributed by atoms with Crippen LogP contribution in [0.1, 0.15) is 36.5 Å². The molecule has 2 aromatic heterocycles. The molecule has 0 spiro atoms. The molecule has 4 aromatic rings. The fourth-order valence-electron chi connectivity index (χ4n) is 4.37. The van der Waals surface area contributed by atoms with Crippen molar-refractivity contribution in [3.05, 3.63) is 71.4 Å². The minimum atomic E-state index is 0.514. The van der Waals surface area contributed by atoms with Crippen molar-refractivity contribution in [1.82, 2.24) is 4.57 Å². The van der Waals surface area contributed by atoms with E-state index < -0.39 is 0 Å². The first-order valence-electron chi connectivity index (χ1n) is 8.99. The van der Waals surface area contributed by atoms with Crippen molar-refractivity contribution < 1.29 is 4.57 Å². The quantitative estimate of drug-likeness (QED) is 0.438. The van der Waals surface area contributed by atoms with Gasteiger partial charge in [0.25, 0.3) is 5.82 Å². The van der Waals surface area contributed by atoms with Crippen LogP contribution in [0, 0.1) is 13.8 Å². The van der Waals surface area contributed by atoms with Crippen LogP contribution in [0.2, 0.25) is 0 Å². The summed E-state index contributed by atoms with van der Waals surface area (Å²) in [5.41, 5.74) is 6.85. The second-order valence-electron chi connectivity index (χ2n) is 7.31. The van der Waals surface area contributed by atoms with E-state index in [2.05, 4.69) is 98.6 Å². The SMILES string of the molecule is Cc1cc2c3ccccc3n(-c3cccc[n+]3C)c2c(C)c1C(C)C. The topological polar surface area (TPSA) is 8.81 Å². The molecule has 0 saturated carbocycles. The van der Waals surface area contributed by atoms with E-state index in [0.29, 0.717) is 5.92 Å². The Morgan fingerprint density at radius 3 is 2.36 bits per heavy atom. The molecule has 4 rings (SSSR count). The van der Waals surface area contributed by atoms with E-state index in [0.717, 1.165) is 0 Å². The number of hydrogen-bond acceptors (Lipinski definition) is 0. The van der Waals surface area contributed by atoms with Crippen LogP contribution in [-0.2, 0) is 7.05 Å². The van der Waals surface area contributed by atoms with Crippen LogP contribution < -0.4 is 4.57 Å².